The van der Waals surface area contributed by atoms with Crippen LogP contribution in [0.2, 0.25) is 10.0 Å². The third-order valence-electron chi connectivity index (χ3n) is 2.71. The molecule has 1 aromatic rings. The lowest BCUT2D eigenvalue weighted by Gasteiger charge is -2.26. The summed E-state index contributed by atoms with van der Waals surface area (Å²) in [4.78, 5) is 0. The highest BCUT2D eigenvalue weighted by molar-refractivity contribution is 6.39. The molecule has 1 heterocycles. The van der Waals surface area contributed by atoms with Crippen LogP contribution in [0.4, 0.5) is 11.4 Å². The van der Waals surface area contributed by atoms with Gasteiger partial charge in [0.15, 0.2) is 0 Å². The first-order chi connectivity index (χ1) is 7.50. The van der Waals surface area contributed by atoms with Gasteiger partial charge in [-0.3, -0.25) is 0 Å². The molecule has 0 aliphatic carbocycles. The molecule has 5 heteroatoms. The molecule has 1 aliphatic heterocycles. The maximum Gasteiger partial charge on any atom is 0.0725 e. The van der Waals surface area contributed by atoms with Crippen LogP contribution in [-0.2, 0) is 4.74 Å². The zero-order chi connectivity index (χ0) is 11.8. The van der Waals surface area contributed by atoms with Crippen LogP contribution < -0.4 is 11.1 Å². The number of hydrogen-bond donors (Lipinski definition) is 2. The van der Waals surface area contributed by atoms with Gasteiger partial charge in [0, 0.05) is 12.3 Å². The van der Waals surface area contributed by atoms with Crippen molar-refractivity contribution < 1.29 is 4.74 Å². The van der Waals surface area contributed by atoms with Gasteiger partial charge in [-0.2, -0.15) is 0 Å². The SMILES string of the molecule is CC1(Nc2c(Cl)cc(N)cc2Cl)CCOC1. The first-order valence-electron chi connectivity index (χ1n) is 5.11. The summed E-state index contributed by atoms with van der Waals surface area (Å²) in [6.45, 7) is 3.50. The maximum absolute atomic E-state index is 6.11. The molecule has 0 amide bonds. The fourth-order valence-electron chi connectivity index (χ4n) is 1.78. The quantitative estimate of drug-likeness (QED) is 0.804. The van der Waals surface area contributed by atoms with Crippen LogP contribution in [-0.4, -0.2) is 18.8 Å². The number of nitrogens with two attached hydrogens (primary N) is 1. The van der Waals surface area contributed by atoms with E-state index in [0.29, 0.717) is 22.3 Å². The number of hydrogen-bond acceptors (Lipinski definition) is 3. The molecule has 88 valence electrons. The fourth-order valence-corrected chi connectivity index (χ4v) is 2.38. The molecule has 1 fully saturated rings. The second-order valence-electron chi connectivity index (χ2n) is 4.35. The summed E-state index contributed by atoms with van der Waals surface area (Å²) in [7, 11) is 0. The van der Waals surface area contributed by atoms with E-state index in [1.165, 1.54) is 0 Å². The van der Waals surface area contributed by atoms with Gasteiger partial charge in [0.05, 0.1) is 27.9 Å². The van der Waals surface area contributed by atoms with Crippen molar-refractivity contribution in [3.05, 3.63) is 22.2 Å². The summed E-state index contributed by atoms with van der Waals surface area (Å²) in [6, 6.07) is 3.38. The number of halogens is 2. The van der Waals surface area contributed by atoms with Crippen molar-refractivity contribution in [2.45, 2.75) is 18.9 Å². The third kappa shape index (κ3) is 2.37. The standard InChI is InChI=1S/C11H14Cl2N2O/c1-11(2-3-16-6-11)15-10-8(12)4-7(14)5-9(10)13/h4-5,15H,2-3,6,14H2,1H3. The van der Waals surface area contributed by atoms with E-state index >= 15 is 0 Å². The van der Waals surface area contributed by atoms with E-state index in [1.54, 1.807) is 12.1 Å². The molecule has 0 aromatic heterocycles. The van der Waals surface area contributed by atoms with Crippen LogP contribution in [0.3, 0.4) is 0 Å². The van der Waals surface area contributed by atoms with Crippen molar-refractivity contribution >= 4 is 34.6 Å². The number of nitrogen functional groups attached to an aromatic ring is 1. The molecule has 0 bridgehead atoms. The second kappa shape index (κ2) is 4.32. The number of benzene rings is 1. The lowest BCUT2D eigenvalue weighted by atomic mass is 10.0. The summed E-state index contributed by atoms with van der Waals surface area (Å²) in [5, 5.41) is 4.42. The summed E-state index contributed by atoms with van der Waals surface area (Å²) in [5.74, 6) is 0. The minimum Gasteiger partial charge on any atom is -0.399 e. The molecule has 1 unspecified atom stereocenters. The van der Waals surface area contributed by atoms with Crippen molar-refractivity contribution in [2.75, 3.05) is 24.3 Å². The molecule has 3 N–H and O–H groups in total. The average molecular weight is 261 g/mol. The lowest BCUT2D eigenvalue weighted by molar-refractivity contribution is 0.185. The van der Waals surface area contributed by atoms with Crippen molar-refractivity contribution in [1.82, 2.24) is 0 Å². The molecule has 0 spiro atoms. The fraction of sp³-hybridized carbons (Fsp3) is 0.455. The lowest BCUT2D eigenvalue weighted by Crippen LogP contribution is -2.35. The minimum absolute atomic E-state index is 0.108. The van der Waals surface area contributed by atoms with E-state index in [9.17, 15) is 0 Å². The van der Waals surface area contributed by atoms with Crippen molar-refractivity contribution in [2.24, 2.45) is 0 Å². The molecule has 1 aromatic carbocycles. The Balaban J connectivity index is 2.27. The van der Waals surface area contributed by atoms with Crippen LogP contribution in [0.15, 0.2) is 12.1 Å². The molecule has 1 saturated heterocycles. The van der Waals surface area contributed by atoms with Crippen LogP contribution >= 0.6 is 23.2 Å². The molecule has 1 aliphatic rings. The third-order valence-corrected chi connectivity index (χ3v) is 3.31. The van der Waals surface area contributed by atoms with Gasteiger partial charge in [-0.1, -0.05) is 23.2 Å². The highest BCUT2D eigenvalue weighted by Crippen LogP contribution is 2.36. The molecular formula is C11H14Cl2N2O. The van der Waals surface area contributed by atoms with Crippen molar-refractivity contribution in [3.63, 3.8) is 0 Å². The predicted octanol–water partition coefficient (Wildman–Crippen LogP) is 3.17. The Morgan fingerprint density at radius 2 is 2.00 bits per heavy atom. The molecule has 16 heavy (non-hydrogen) atoms. The molecular weight excluding hydrogens is 247 g/mol. The number of rotatable bonds is 2. The Kier molecular flexibility index (Phi) is 3.19. The largest absolute Gasteiger partial charge is 0.399 e. The number of anilines is 2. The zero-order valence-corrected chi connectivity index (χ0v) is 10.5. The van der Waals surface area contributed by atoms with E-state index in [2.05, 4.69) is 12.2 Å². The van der Waals surface area contributed by atoms with Crippen LogP contribution in [0, 0.1) is 0 Å². The van der Waals surface area contributed by atoms with E-state index in [1.807, 2.05) is 0 Å². The molecule has 2 rings (SSSR count). The van der Waals surface area contributed by atoms with Crippen molar-refractivity contribution in [3.8, 4) is 0 Å². The highest BCUT2D eigenvalue weighted by Gasteiger charge is 2.30. The van der Waals surface area contributed by atoms with Gasteiger partial charge in [0.2, 0.25) is 0 Å². The molecule has 0 saturated carbocycles. The van der Waals surface area contributed by atoms with E-state index in [-0.39, 0.29) is 5.54 Å². The van der Waals surface area contributed by atoms with Crippen molar-refractivity contribution in [1.29, 1.82) is 0 Å². The average Bonchev–Trinajstić information content (AvgIpc) is 2.59. The van der Waals surface area contributed by atoms with E-state index in [0.717, 1.165) is 18.7 Å². The maximum atomic E-state index is 6.11. The number of ether oxygens (including phenoxy) is 1. The molecule has 3 nitrogen and oxygen atoms in total. The van der Waals surface area contributed by atoms with Gasteiger partial charge < -0.3 is 15.8 Å². The zero-order valence-electron chi connectivity index (χ0n) is 9.02. The van der Waals surface area contributed by atoms with Crippen LogP contribution in [0.1, 0.15) is 13.3 Å². The smallest absolute Gasteiger partial charge is 0.0725 e. The Labute approximate surface area is 105 Å². The first-order valence-corrected chi connectivity index (χ1v) is 5.86. The van der Waals surface area contributed by atoms with E-state index in [4.69, 9.17) is 33.7 Å². The van der Waals surface area contributed by atoms with Gasteiger partial charge in [0.25, 0.3) is 0 Å². The Morgan fingerprint density at radius 1 is 1.38 bits per heavy atom. The Hall–Kier alpha value is -0.640. The second-order valence-corrected chi connectivity index (χ2v) is 5.16. The van der Waals surface area contributed by atoms with E-state index < -0.39 is 0 Å². The van der Waals surface area contributed by atoms with Crippen LogP contribution in [0.5, 0.6) is 0 Å². The van der Waals surface area contributed by atoms with Gasteiger partial charge in [-0.05, 0) is 25.5 Å². The Bertz CT molecular complexity index is 380. The molecule has 0 radical (unpaired) electrons. The van der Waals surface area contributed by atoms with Gasteiger partial charge in [0.1, 0.15) is 0 Å². The predicted molar refractivity (Wildman–Crippen MR) is 68.3 cm³/mol. The summed E-state index contributed by atoms with van der Waals surface area (Å²) < 4.78 is 5.36. The van der Waals surface area contributed by atoms with Crippen LogP contribution in [0.25, 0.3) is 0 Å². The minimum atomic E-state index is -0.108. The summed E-state index contributed by atoms with van der Waals surface area (Å²) in [6.07, 6.45) is 0.935. The Morgan fingerprint density at radius 3 is 2.50 bits per heavy atom. The first kappa shape index (κ1) is 11.8. The monoisotopic (exact) mass is 260 g/mol. The highest BCUT2D eigenvalue weighted by atomic mass is 35.5. The number of nitrogens with one attached hydrogen (secondary N) is 1. The summed E-state index contributed by atoms with van der Waals surface area (Å²) >= 11 is 12.2. The normalized spacial score (nSPS) is 24.7. The topological polar surface area (TPSA) is 47.3 Å². The molecule has 1 atom stereocenters. The van der Waals surface area contributed by atoms with Gasteiger partial charge in [-0.15, -0.1) is 0 Å². The van der Waals surface area contributed by atoms with Gasteiger partial charge in [-0.25, -0.2) is 0 Å². The van der Waals surface area contributed by atoms with Gasteiger partial charge >= 0.3 is 0 Å². The summed E-state index contributed by atoms with van der Waals surface area (Å²) in [5.41, 5.74) is 6.83.